The van der Waals surface area contributed by atoms with Crippen molar-refractivity contribution in [3.05, 3.63) is 35.9 Å². The number of hydrogen-bond acceptors (Lipinski definition) is 4. The van der Waals surface area contributed by atoms with E-state index in [-0.39, 0.29) is 29.6 Å². The van der Waals surface area contributed by atoms with Gasteiger partial charge in [-0.25, -0.2) is 0 Å². The highest BCUT2D eigenvalue weighted by molar-refractivity contribution is 5.83. The molecule has 0 radical (unpaired) electrons. The zero-order valence-corrected chi connectivity index (χ0v) is 18.9. The molecule has 1 aromatic carbocycles. The molecule has 1 aromatic rings. The van der Waals surface area contributed by atoms with Gasteiger partial charge in [0.2, 0.25) is 11.8 Å². The maximum atomic E-state index is 14.1. The molecule has 2 aliphatic rings. The minimum atomic E-state index is -0.845. The van der Waals surface area contributed by atoms with Gasteiger partial charge >= 0.3 is 0 Å². The predicted molar refractivity (Wildman–Crippen MR) is 121 cm³/mol. The van der Waals surface area contributed by atoms with Gasteiger partial charge in [0.15, 0.2) is 0 Å². The third kappa shape index (κ3) is 5.65. The number of nitrogens with zero attached hydrogens (tertiary/aromatic N) is 2. The second-order valence-electron chi connectivity index (χ2n) is 9.38. The van der Waals surface area contributed by atoms with E-state index in [9.17, 15) is 14.9 Å². The molecule has 1 heterocycles. The molecule has 0 spiro atoms. The van der Waals surface area contributed by atoms with Crippen LogP contribution in [0.3, 0.4) is 0 Å². The molecule has 2 amide bonds. The highest BCUT2D eigenvalue weighted by atomic mass is 16.2. The molecule has 2 atom stereocenters. The third-order valence-electron chi connectivity index (χ3n) is 6.86. The summed E-state index contributed by atoms with van der Waals surface area (Å²) >= 11 is 0. The van der Waals surface area contributed by atoms with Crippen molar-refractivity contribution in [2.45, 2.75) is 64.5 Å². The van der Waals surface area contributed by atoms with Crippen LogP contribution in [-0.2, 0) is 16.1 Å². The minimum Gasteiger partial charge on any atom is -0.355 e. The number of nitriles is 1. The van der Waals surface area contributed by atoms with Crippen molar-refractivity contribution >= 4 is 11.8 Å². The molecular formula is C25H36N4O2. The van der Waals surface area contributed by atoms with Crippen molar-refractivity contribution in [2.24, 2.45) is 17.8 Å². The fourth-order valence-corrected chi connectivity index (χ4v) is 4.88. The molecule has 2 fully saturated rings. The zero-order chi connectivity index (χ0) is 22.3. The highest BCUT2D eigenvalue weighted by Crippen LogP contribution is 2.34. The Morgan fingerprint density at radius 2 is 1.94 bits per heavy atom. The first kappa shape index (κ1) is 23.3. The van der Waals surface area contributed by atoms with E-state index >= 15 is 0 Å². The van der Waals surface area contributed by atoms with Crippen molar-refractivity contribution in [3.8, 4) is 6.07 Å². The normalized spacial score (nSPS) is 22.6. The number of hydrogen-bond donors (Lipinski definition) is 2. The molecule has 1 aliphatic carbocycles. The van der Waals surface area contributed by atoms with Crippen LogP contribution in [0.4, 0.5) is 0 Å². The van der Waals surface area contributed by atoms with Crippen molar-refractivity contribution in [2.75, 3.05) is 19.6 Å². The number of benzene rings is 1. The van der Waals surface area contributed by atoms with Crippen LogP contribution in [-0.4, -0.2) is 41.9 Å². The number of carbonyl (C=O) groups excluding carboxylic acids is 2. The standard InChI is InChI=1S/C25H36N4O2/c1-19(2)23(30)28-15-22(21-11-7-4-8-12-21)24(31)29(16-20-9-5-3-6-10-20)25(17-26)13-14-27-18-25/h3,5-6,9-10,19,21-22,27H,4,7-8,11-16,18H2,1-2H3,(H,28,30). The monoisotopic (exact) mass is 424 g/mol. The number of rotatable bonds is 8. The van der Waals surface area contributed by atoms with Gasteiger partial charge in [0.25, 0.3) is 0 Å². The Kier molecular flexibility index (Phi) is 8.09. The van der Waals surface area contributed by atoms with Gasteiger partial charge in [-0.15, -0.1) is 0 Å². The molecule has 1 saturated carbocycles. The quantitative estimate of drug-likeness (QED) is 0.671. The van der Waals surface area contributed by atoms with E-state index in [1.54, 1.807) is 0 Å². The Morgan fingerprint density at radius 3 is 2.52 bits per heavy atom. The van der Waals surface area contributed by atoms with Crippen LogP contribution in [0.2, 0.25) is 0 Å². The number of carbonyl (C=O) groups is 2. The van der Waals surface area contributed by atoms with Crippen LogP contribution in [0.5, 0.6) is 0 Å². The second kappa shape index (κ2) is 10.8. The summed E-state index contributed by atoms with van der Waals surface area (Å²) < 4.78 is 0. The van der Waals surface area contributed by atoms with E-state index in [0.29, 0.717) is 26.1 Å². The summed E-state index contributed by atoms with van der Waals surface area (Å²) in [7, 11) is 0. The van der Waals surface area contributed by atoms with E-state index in [2.05, 4.69) is 16.7 Å². The summed E-state index contributed by atoms with van der Waals surface area (Å²) in [5.74, 6) is -0.188. The molecule has 1 aliphatic heterocycles. The topological polar surface area (TPSA) is 85.2 Å². The molecule has 0 aromatic heterocycles. The van der Waals surface area contributed by atoms with Crippen LogP contribution in [0.25, 0.3) is 0 Å². The molecule has 2 N–H and O–H groups in total. The second-order valence-corrected chi connectivity index (χ2v) is 9.38. The van der Waals surface area contributed by atoms with Crippen LogP contribution >= 0.6 is 0 Å². The van der Waals surface area contributed by atoms with Crippen LogP contribution in [0, 0.1) is 29.1 Å². The third-order valence-corrected chi connectivity index (χ3v) is 6.86. The number of amides is 2. The Morgan fingerprint density at radius 1 is 1.23 bits per heavy atom. The zero-order valence-electron chi connectivity index (χ0n) is 18.9. The van der Waals surface area contributed by atoms with Gasteiger partial charge in [-0.2, -0.15) is 5.26 Å². The van der Waals surface area contributed by atoms with Gasteiger partial charge in [0, 0.05) is 25.6 Å². The lowest BCUT2D eigenvalue weighted by molar-refractivity contribution is -0.143. The lowest BCUT2D eigenvalue weighted by Crippen LogP contribution is -2.56. The average molecular weight is 425 g/mol. The van der Waals surface area contributed by atoms with Gasteiger partial charge in [-0.3, -0.25) is 9.59 Å². The first-order valence-corrected chi connectivity index (χ1v) is 11.7. The van der Waals surface area contributed by atoms with Gasteiger partial charge in [-0.05, 0) is 37.3 Å². The van der Waals surface area contributed by atoms with E-state index in [0.717, 1.165) is 37.8 Å². The fraction of sp³-hybridized carbons (Fsp3) is 0.640. The van der Waals surface area contributed by atoms with Crippen LogP contribution < -0.4 is 10.6 Å². The summed E-state index contributed by atoms with van der Waals surface area (Å²) in [6.45, 7) is 5.70. The first-order valence-electron chi connectivity index (χ1n) is 11.7. The van der Waals surface area contributed by atoms with Crippen molar-refractivity contribution in [1.29, 1.82) is 5.26 Å². The van der Waals surface area contributed by atoms with Crippen LogP contribution in [0.15, 0.2) is 30.3 Å². The molecule has 3 rings (SSSR count). The van der Waals surface area contributed by atoms with E-state index < -0.39 is 5.54 Å². The Balaban J connectivity index is 1.89. The van der Waals surface area contributed by atoms with Crippen molar-refractivity contribution < 1.29 is 9.59 Å². The molecule has 0 bridgehead atoms. The Bertz CT molecular complexity index is 774. The molecule has 2 unspecified atom stereocenters. The van der Waals surface area contributed by atoms with Crippen molar-refractivity contribution in [3.63, 3.8) is 0 Å². The molecule has 6 heteroatoms. The largest absolute Gasteiger partial charge is 0.355 e. The van der Waals surface area contributed by atoms with E-state index in [4.69, 9.17) is 0 Å². The van der Waals surface area contributed by atoms with Crippen LogP contribution in [0.1, 0.15) is 57.9 Å². The highest BCUT2D eigenvalue weighted by Gasteiger charge is 2.45. The molecular weight excluding hydrogens is 388 g/mol. The Hall–Kier alpha value is -2.39. The van der Waals surface area contributed by atoms with Gasteiger partial charge in [0.05, 0.1) is 12.0 Å². The smallest absolute Gasteiger partial charge is 0.229 e. The Labute approximate surface area is 186 Å². The maximum absolute atomic E-state index is 14.1. The predicted octanol–water partition coefficient (Wildman–Crippen LogP) is 3.24. The van der Waals surface area contributed by atoms with Gasteiger partial charge < -0.3 is 15.5 Å². The van der Waals surface area contributed by atoms with E-state index in [1.165, 1.54) is 6.42 Å². The van der Waals surface area contributed by atoms with Gasteiger partial charge in [0.1, 0.15) is 5.54 Å². The molecule has 168 valence electrons. The first-order chi connectivity index (χ1) is 15.0. The summed E-state index contributed by atoms with van der Waals surface area (Å²) in [4.78, 5) is 28.2. The number of nitrogens with one attached hydrogen (secondary N) is 2. The summed E-state index contributed by atoms with van der Waals surface area (Å²) in [6.07, 6.45) is 6.08. The average Bonchev–Trinajstić information content (AvgIpc) is 3.29. The maximum Gasteiger partial charge on any atom is 0.229 e. The molecule has 1 saturated heterocycles. The van der Waals surface area contributed by atoms with Gasteiger partial charge in [-0.1, -0.05) is 63.4 Å². The summed E-state index contributed by atoms with van der Waals surface area (Å²) in [5, 5.41) is 16.4. The SMILES string of the molecule is CC(C)C(=O)NCC(C(=O)N(Cc1ccccc1)C1(C#N)CCNC1)C1CCCCC1. The lowest BCUT2D eigenvalue weighted by Gasteiger charge is -2.40. The summed E-state index contributed by atoms with van der Waals surface area (Å²) in [6, 6.07) is 12.4. The summed E-state index contributed by atoms with van der Waals surface area (Å²) in [5.41, 5.74) is 0.174. The fourth-order valence-electron chi connectivity index (χ4n) is 4.88. The van der Waals surface area contributed by atoms with E-state index in [1.807, 2.05) is 49.1 Å². The molecule has 31 heavy (non-hydrogen) atoms. The lowest BCUT2D eigenvalue weighted by atomic mass is 9.78. The molecule has 6 nitrogen and oxygen atoms in total. The van der Waals surface area contributed by atoms with Crippen molar-refractivity contribution in [1.82, 2.24) is 15.5 Å². The minimum absolute atomic E-state index is 0.00468.